The molecule has 1 aliphatic heterocycles. The lowest BCUT2D eigenvalue weighted by Gasteiger charge is -2.45. The number of amides is 2. The van der Waals surface area contributed by atoms with E-state index in [-0.39, 0.29) is 23.3 Å². The van der Waals surface area contributed by atoms with Crippen LogP contribution >= 0.6 is 0 Å². The van der Waals surface area contributed by atoms with Gasteiger partial charge in [-0.15, -0.1) is 0 Å². The molecule has 0 bridgehead atoms. The molecular formula is C25H32FN3O3. The molecule has 4 rings (SSSR count). The summed E-state index contributed by atoms with van der Waals surface area (Å²) >= 11 is 0. The number of methoxy groups -OCH3 is 2. The van der Waals surface area contributed by atoms with E-state index in [9.17, 15) is 9.18 Å². The smallest absolute Gasteiger partial charge is 0.315 e. The van der Waals surface area contributed by atoms with Crippen molar-refractivity contribution >= 4 is 6.03 Å². The number of hydrogen-bond acceptors (Lipinski definition) is 4. The van der Waals surface area contributed by atoms with Crippen molar-refractivity contribution in [3.05, 3.63) is 59.4 Å². The third-order valence-corrected chi connectivity index (χ3v) is 7.19. The number of rotatable bonds is 6. The van der Waals surface area contributed by atoms with E-state index in [0.717, 1.165) is 49.3 Å². The number of halogens is 1. The summed E-state index contributed by atoms with van der Waals surface area (Å²) in [7, 11) is 5.49. The van der Waals surface area contributed by atoms with Gasteiger partial charge in [0, 0.05) is 24.0 Å². The first-order valence-electron chi connectivity index (χ1n) is 11.2. The Bertz CT molecular complexity index is 952. The summed E-state index contributed by atoms with van der Waals surface area (Å²) in [5.74, 6) is 1.22. The van der Waals surface area contributed by atoms with Crippen molar-refractivity contribution in [1.82, 2.24) is 15.5 Å². The zero-order chi connectivity index (χ0) is 22.7. The van der Waals surface area contributed by atoms with Crippen LogP contribution in [0.3, 0.4) is 0 Å². The maximum atomic E-state index is 13.1. The van der Waals surface area contributed by atoms with Crippen molar-refractivity contribution in [2.45, 2.75) is 49.7 Å². The minimum atomic E-state index is -0.279. The Labute approximate surface area is 189 Å². The molecule has 2 N–H and O–H groups in total. The van der Waals surface area contributed by atoms with E-state index in [1.54, 1.807) is 26.4 Å². The third kappa shape index (κ3) is 4.39. The second-order valence-electron chi connectivity index (χ2n) is 8.90. The summed E-state index contributed by atoms with van der Waals surface area (Å²) in [6, 6.07) is 12.7. The summed E-state index contributed by atoms with van der Waals surface area (Å²) < 4.78 is 24.0. The zero-order valence-electron chi connectivity index (χ0n) is 19.0. The van der Waals surface area contributed by atoms with E-state index in [4.69, 9.17) is 9.47 Å². The average molecular weight is 442 g/mol. The molecule has 2 aromatic rings. The standard InChI is InChI=1S/C25H32FN3O3/c1-29-13-12-25(18-6-9-21(31-2)22(14-18)32-3)11-10-20(15-23(25)29)28-24(30)27-16-17-4-7-19(26)8-5-17/h4-9,14,20,23H,10-13,15-16H2,1-3H3,(H2,27,28,30). The molecule has 1 aliphatic carbocycles. The number of ether oxygens (including phenoxy) is 2. The van der Waals surface area contributed by atoms with Crippen LogP contribution in [0.2, 0.25) is 0 Å². The molecule has 3 atom stereocenters. The number of benzene rings is 2. The molecular weight excluding hydrogens is 409 g/mol. The highest BCUT2D eigenvalue weighted by Gasteiger charge is 2.50. The summed E-state index contributed by atoms with van der Waals surface area (Å²) in [5, 5.41) is 6.04. The second-order valence-corrected chi connectivity index (χ2v) is 8.90. The largest absolute Gasteiger partial charge is 0.493 e. The van der Waals surface area contributed by atoms with Crippen LogP contribution in [-0.2, 0) is 12.0 Å². The molecule has 3 unspecified atom stereocenters. The molecule has 0 spiro atoms. The van der Waals surface area contributed by atoms with Gasteiger partial charge in [-0.05, 0) is 74.7 Å². The maximum Gasteiger partial charge on any atom is 0.315 e. The van der Waals surface area contributed by atoms with E-state index < -0.39 is 0 Å². The van der Waals surface area contributed by atoms with Crippen LogP contribution in [0.25, 0.3) is 0 Å². The normalized spacial score (nSPS) is 25.1. The molecule has 2 aromatic carbocycles. The van der Waals surface area contributed by atoms with Crippen LogP contribution in [-0.4, -0.2) is 50.8 Å². The van der Waals surface area contributed by atoms with Gasteiger partial charge in [0.05, 0.1) is 14.2 Å². The van der Waals surface area contributed by atoms with Gasteiger partial charge in [0.15, 0.2) is 11.5 Å². The van der Waals surface area contributed by atoms with Crippen molar-refractivity contribution in [2.75, 3.05) is 27.8 Å². The molecule has 7 heteroatoms. The average Bonchev–Trinajstić information content (AvgIpc) is 3.15. The number of nitrogens with zero attached hydrogens (tertiary/aromatic N) is 1. The number of likely N-dealkylation sites (N-methyl/N-ethyl adjacent to an activating group) is 1. The maximum absolute atomic E-state index is 13.1. The Morgan fingerprint density at radius 2 is 1.88 bits per heavy atom. The topological polar surface area (TPSA) is 62.8 Å². The Morgan fingerprint density at radius 3 is 2.59 bits per heavy atom. The van der Waals surface area contributed by atoms with Gasteiger partial charge in [0.1, 0.15) is 5.82 Å². The highest BCUT2D eigenvalue weighted by molar-refractivity contribution is 5.74. The molecule has 1 heterocycles. The SMILES string of the molecule is COc1ccc(C23CCC(NC(=O)NCc4ccc(F)cc4)CC2N(C)CC3)cc1OC. The first-order valence-corrected chi connectivity index (χ1v) is 11.2. The molecule has 32 heavy (non-hydrogen) atoms. The third-order valence-electron chi connectivity index (χ3n) is 7.19. The van der Waals surface area contributed by atoms with Gasteiger partial charge in [-0.3, -0.25) is 0 Å². The van der Waals surface area contributed by atoms with Gasteiger partial charge in [0.25, 0.3) is 0 Å². The van der Waals surface area contributed by atoms with Crippen LogP contribution in [0.5, 0.6) is 11.5 Å². The lowest BCUT2D eigenvalue weighted by molar-refractivity contribution is 0.154. The summed E-state index contributed by atoms with van der Waals surface area (Å²) in [5.41, 5.74) is 2.20. The van der Waals surface area contributed by atoms with Crippen molar-refractivity contribution in [3.63, 3.8) is 0 Å². The molecule has 0 radical (unpaired) electrons. The predicted octanol–water partition coefficient (Wildman–Crippen LogP) is 3.84. The van der Waals surface area contributed by atoms with E-state index in [1.807, 2.05) is 6.07 Å². The van der Waals surface area contributed by atoms with E-state index in [2.05, 4.69) is 34.7 Å². The number of fused-ring (bicyclic) bond motifs is 1. The van der Waals surface area contributed by atoms with Gasteiger partial charge in [-0.25, -0.2) is 9.18 Å². The fourth-order valence-corrected chi connectivity index (χ4v) is 5.42. The lowest BCUT2D eigenvalue weighted by Crippen LogP contribution is -2.53. The van der Waals surface area contributed by atoms with Gasteiger partial charge in [-0.2, -0.15) is 0 Å². The van der Waals surface area contributed by atoms with Crippen molar-refractivity contribution in [2.24, 2.45) is 0 Å². The molecule has 0 aromatic heterocycles. The number of likely N-dealkylation sites (tertiary alicyclic amines) is 1. The van der Waals surface area contributed by atoms with Crippen molar-refractivity contribution < 1.29 is 18.7 Å². The predicted molar refractivity (Wildman–Crippen MR) is 122 cm³/mol. The monoisotopic (exact) mass is 441 g/mol. The minimum absolute atomic E-state index is 0.0526. The second kappa shape index (κ2) is 9.36. The van der Waals surface area contributed by atoms with E-state index >= 15 is 0 Å². The molecule has 172 valence electrons. The first-order chi connectivity index (χ1) is 15.4. The number of hydrogen-bond donors (Lipinski definition) is 2. The van der Waals surface area contributed by atoms with Crippen molar-refractivity contribution in [3.8, 4) is 11.5 Å². The van der Waals surface area contributed by atoms with Crippen LogP contribution in [0.4, 0.5) is 9.18 Å². The number of carbonyl (C=O) groups excluding carboxylic acids is 1. The van der Waals surface area contributed by atoms with Crippen LogP contribution in [0.1, 0.15) is 36.8 Å². The fourth-order valence-electron chi connectivity index (χ4n) is 5.42. The quantitative estimate of drug-likeness (QED) is 0.715. The van der Waals surface area contributed by atoms with Gasteiger partial charge < -0.3 is 25.0 Å². The summed E-state index contributed by atoms with van der Waals surface area (Å²) in [6.45, 7) is 1.40. The first kappa shape index (κ1) is 22.4. The Balaban J connectivity index is 1.42. The fraction of sp³-hybridized carbons (Fsp3) is 0.480. The zero-order valence-corrected chi connectivity index (χ0v) is 19.0. The molecule has 2 fully saturated rings. The molecule has 2 amide bonds. The lowest BCUT2D eigenvalue weighted by atomic mass is 9.65. The van der Waals surface area contributed by atoms with Gasteiger partial charge in [0.2, 0.25) is 0 Å². The highest BCUT2D eigenvalue weighted by Crippen LogP contribution is 2.49. The van der Waals surface area contributed by atoms with Crippen LogP contribution in [0.15, 0.2) is 42.5 Å². The Morgan fingerprint density at radius 1 is 1.12 bits per heavy atom. The van der Waals surface area contributed by atoms with Crippen molar-refractivity contribution in [1.29, 1.82) is 0 Å². The van der Waals surface area contributed by atoms with E-state index in [1.165, 1.54) is 17.7 Å². The van der Waals surface area contributed by atoms with Crippen LogP contribution in [0, 0.1) is 5.82 Å². The Hall–Kier alpha value is -2.80. The van der Waals surface area contributed by atoms with Gasteiger partial charge in [-0.1, -0.05) is 18.2 Å². The van der Waals surface area contributed by atoms with Crippen LogP contribution < -0.4 is 20.1 Å². The van der Waals surface area contributed by atoms with E-state index in [0.29, 0.717) is 12.6 Å². The molecule has 2 aliphatic rings. The number of nitrogens with one attached hydrogen (secondary N) is 2. The number of carbonyl (C=O) groups is 1. The Kier molecular flexibility index (Phi) is 6.55. The van der Waals surface area contributed by atoms with Gasteiger partial charge >= 0.3 is 6.03 Å². The molecule has 1 saturated carbocycles. The molecule has 1 saturated heterocycles. The minimum Gasteiger partial charge on any atom is -0.493 e. The summed E-state index contributed by atoms with van der Waals surface area (Å²) in [4.78, 5) is 14.9. The molecule has 6 nitrogen and oxygen atoms in total. The number of urea groups is 1. The highest BCUT2D eigenvalue weighted by atomic mass is 19.1. The summed E-state index contributed by atoms with van der Waals surface area (Å²) in [6.07, 6.45) is 3.91.